The summed E-state index contributed by atoms with van der Waals surface area (Å²) in [6.07, 6.45) is 5.01. The molecule has 0 atom stereocenters. The lowest BCUT2D eigenvalue weighted by atomic mass is 10.3. The molecule has 3 aromatic heterocycles. The number of carbonyl (C=O) groups is 3. The average Bonchev–Trinajstić information content (AvgIpc) is 3.31. The van der Waals surface area contributed by atoms with Crippen molar-refractivity contribution < 1.29 is 14.4 Å². The van der Waals surface area contributed by atoms with Crippen LogP contribution in [0.2, 0.25) is 0 Å². The second kappa shape index (κ2) is 7.66. The smallest absolute Gasteiger partial charge is 0.291 e. The first-order chi connectivity index (χ1) is 13.7. The molecule has 10 heteroatoms. The highest BCUT2D eigenvalue weighted by molar-refractivity contribution is 6.06. The van der Waals surface area contributed by atoms with E-state index in [4.69, 9.17) is 0 Å². The van der Waals surface area contributed by atoms with Crippen LogP contribution in [0.15, 0.2) is 30.7 Å². The van der Waals surface area contributed by atoms with Gasteiger partial charge in [-0.25, -0.2) is 4.98 Å². The van der Waals surface area contributed by atoms with Crippen LogP contribution in [0.5, 0.6) is 0 Å². The Morgan fingerprint density at radius 3 is 1.90 bits per heavy atom. The number of nitrogens with one attached hydrogen (secondary N) is 3. The van der Waals surface area contributed by atoms with Crippen LogP contribution in [0.4, 0.5) is 17.2 Å². The van der Waals surface area contributed by atoms with Crippen LogP contribution in [0.3, 0.4) is 0 Å². The maximum Gasteiger partial charge on any atom is 0.291 e. The number of hydrogen-bond donors (Lipinski definition) is 3. The van der Waals surface area contributed by atoms with E-state index in [1.165, 1.54) is 6.92 Å². The lowest BCUT2D eigenvalue weighted by Crippen LogP contribution is -2.16. The third-order valence-corrected chi connectivity index (χ3v) is 4.45. The van der Waals surface area contributed by atoms with Crippen LogP contribution < -0.4 is 16.0 Å². The Balaban J connectivity index is 1.74. The van der Waals surface area contributed by atoms with E-state index >= 15 is 0 Å². The van der Waals surface area contributed by atoms with Gasteiger partial charge in [-0.1, -0.05) is 0 Å². The van der Waals surface area contributed by atoms with Crippen LogP contribution >= 0.6 is 0 Å². The molecule has 3 heterocycles. The number of carbonyl (C=O) groups excluding carboxylic acids is 3. The van der Waals surface area contributed by atoms with Gasteiger partial charge >= 0.3 is 0 Å². The molecule has 0 spiro atoms. The second-order valence-corrected chi connectivity index (χ2v) is 6.72. The zero-order chi connectivity index (χ0) is 21.3. The summed E-state index contributed by atoms with van der Waals surface area (Å²) in [4.78, 5) is 40.9. The monoisotopic (exact) mass is 397 g/mol. The molecule has 10 nitrogen and oxygen atoms in total. The van der Waals surface area contributed by atoms with Crippen molar-refractivity contribution in [3.8, 4) is 0 Å². The van der Waals surface area contributed by atoms with Gasteiger partial charge in [-0.2, -0.15) is 0 Å². The molecule has 0 aliphatic carbocycles. The average molecular weight is 397 g/mol. The van der Waals surface area contributed by atoms with Gasteiger partial charge in [-0.15, -0.1) is 0 Å². The molecular weight excluding hydrogens is 374 g/mol. The van der Waals surface area contributed by atoms with E-state index in [1.807, 2.05) is 0 Å². The summed E-state index contributed by atoms with van der Waals surface area (Å²) < 4.78 is 4.87. The zero-order valence-electron chi connectivity index (χ0n) is 16.9. The number of aryl methyl sites for hydroxylation is 3. The maximum absolute atomic E-state index is 12.6. The molecule has 0 bridgehead atoms. The van der Waals surface area contributed by atoms with Crippen molar-refractivity contribution in [1.29, 1.82) is 0 Å². The molecule has 152 valence electrons. The topological polar surface area (TPSA) is 115 Å². The molecule has 3 aromatic rings. The van der Waals surface area contributed by atoms with Gasteiger partial charge in [0.25, 0.3) is 11.8 Å². The summed E-state index contributed by atoms with van der Waals surface area (Å²) >= 11 is 0. The Bertz CT molecular complexity index is 1100. The molecule has 2 amide bonds. The standard InChI is InChI=1S/C19H23N7O3/c1-11(27)14-6-12(8-24(14)3)21-18(28)15-7-13(9-25(15)4)22-19(29)17-23-16(20-2)10-26(17)5/h6-10,20H,1-5H3,(H,21,28)(H,22,29). The Labute approximate surface area is 167 Å². The Morgan fingerprint density at radius 2 is 1.38 bits per heavy atom. The molecular formula is C19H23N7O3. The van der Waals surface area contributed by atoms with Gasteiger partial charge < -0.3 is 29.7 Å². The Hall–Kier alpha value is -3.82. The number of Topliss-reactive ketones (excluding diaryl/α,β-unsaturated/α-hetero) is 1. The predicted molar refractivity (Wildman–Crippen MR) is 109 cm³/mol. The van der Waals surface area contributed by atoms with Gasteiger partial charge in [0.1, 0.15) is 11.5 Å². The molecule has 0 saturated carbocycles. The van der Waals surface area contributed by atoms with E-state index < -0.39 is 0 Å². The van der Waals surface area contributed by atoms with E-state index in [1.54, 1.807) is 72.6 Å². The quantitative estimate of drug-likeness (QED) is 0.549. The lowest BCUT2D eigenvalue weighted by Gasteiger charge is -2.03. The van der Waals surface area contributed by atoms with E-state index in [0.717, 1.165) is 0 Å². The summed E-state index contributed by atoms with van der Waals surface area (Å²) in [5.41, 5.74) is 1.83. The van der Waals surface area contributed by atoms with Crippen molar-refractivity contribution in [2.75, 3.05) is 23.0 Å². The van der Waals surface area contributed by atoms with E-state index in [-0.39, 0.29) is 23.4 Å². The normalized spacial score (nSPS) is 10.7. The van der Waals surface area contributed by atoms with E-state index in [9.17, 15) is 14.4 Å². The van der Waals surface area contributed by atoms with Crippen LogP contribution in [-0.4, -0.2) is 43.3 Å². The number of rotatable bonds is 6. The number of anilines is 3. The number of amides is 2. The first kappa shape index (κ1) is 19.9. The van der Waals surface area contributed by atoms with Gasteiger partial charge in [-0.3, -0.25) is 14.4 Å². The Kier molecular flexibility index (Phi) is 5.26. The van der Waals surface area contributed by atoms with Gasteiger partial charge in [0, 0.05) is 53.7 Å². The Morgan fingerprint density at radius 1 is 0.828 bits per heavy atom. The van der Waals surface area contributed by atoms with Gasteiger partial charge in [0.2, 0.25) is 5.82 Å². The van der Waals surface area contributed by atoms with Crippen molar-refractivity contribution >= 4 is 34.8 Å². The third-order valence-electron chi connectivity index (χ3n) is 4.45. The predicted octanol–water partition coefficient (Wildman–Crippen LogP) is 1.85. The summed E-state index contributed by atoms with van der Waals surface area (Å²) in [5.74, 6) is -0.0136. The van der Waals surface area contributed by atoms with Crippen molar-refractivity contribution in [1.82, 2.24) is 18.7 Å². The van der Waals surface area contributed by atoms with Crippen LogP contribution in [0, 0.1) is 0 Å². The minimum atomic E-state index is -0.388. The fraction of sp³-hybridized carbons (Fsp3) is 0.263. The highest BCUT2D eigenvalue weighted by Crippen LogP contribution is 2.18. The van der Waals surface area contributed by atoms with Crippen LogP contribution in [0.1, 0.15) is 38.5 Å². The number of aromatic nitrogens is 4. The maximum atomic E-state index is 12.6. The number of ketones is 1. The van der Waals surface area contributed by atoms with E-state index in [2.05, 4.69) is 20.9 Å². The minimum Gasteiger partial charge on any atom is -0.372 e. The highest BCUT2D eigenvalue weighted by Gasteiger charge is 2.18. The molecule has 0 aromatic carbocycles. The zero-order valence-corrected chi connectivity index (χ0v) is 16.9. The SMILES string of the molecule is CNc1cn(C)c(C(=O)Nc2cc(C(=O)Nc3cc(C(C)=O)n(C)c3)n(C)c2)n1. The van der Waals surface area contributed by atoms with Gasteiger partial charge in [0.15, 0.2) is 5.78 Å². The molecule has 0 aliphatic heterocycles. The molecule has 0 fully saturated rings. The molecule has 0 unspecified atom stereocenters. The van der Waals surface area contributed by atoms with Gasteiger partial charge in [0.05, 0.1) is 17.1 Å². The molecule has 0 radical (unpaired) electrons. The molecule has 0 aliphatic rings. The summed E-state index contributed by atoms with van der Waals surface area (Å²) in [6.45, 7) is 1.47. The lowest BCUT2D eigenvalue weighted by molar-refractivity contribution is 0.0999. The molecule has 29 heavy (non-hydrogen) atoms. The third kappa shape index (κ3) is 4.05. The summed E-state index contributed by atoms with van der Waals surface area (Å²) in [5, 5.41) is 8.39. The first-order valence-electron chi connectivity index (χ1n) is 8.87. The molecule has 3 N–H and O–H groups in total. The number of nitrogens with zero attached hydrogens (tertiary/aromatic N) is 4. The summed E-state index contributed by atoms with van der Waals surface area (Å²) in [6, 6.07) is 3.19. The first-order valence-corrected chi connectivity index (χ1v) is 8.87. The van der Waals surface area contributed by atoms with Crippen molar-refractivity contribution in [2.24, 2.45) is 21.1 Å². The molecule has 0 saturated heterocycles. The number of hydrogen-bond acceptors (Lipinski definition) is 5. The van der Waals surface area contributed by atoms with Crippen LogP contribution in [-0.2, 0) is 21.1 Å². The van der Waals surface area contributed by atoms with Crippen molar-refractivity contribution in [3.63, 3.8) is 0 Å². The fourth-order valence-electron chi connectivity index (χ4n) is 3.02. The fourth-order valence-corrected chi connectivity index (χ4v) is 3.02. The van der Waals surface area contributed by atoms with Crippen molar-refractivity contribution in [2.45, 2.75) is 6.92 Å². The van der Waals surface area contributed by atoms with Gasteiger partial charge in [-0.05, 0) is 12.1 Å². The second-order valence-electron chi connectivity index (χ2n) is 6.72. The highest BCUT2D eigenvalue weighted by atomic mass is 16.2. The van der Waals surface area contributed by atoms with Crippen molar-refractivity contribution in [3.05, 3.63) is 47.9 Å². The largest absolute Gasteiger partial charge is 0.372 e. The minimum absolute atomic E-state index is 0.0902. The summed E-state index contributed by atoms with van der Waals surface area (Å²) in [7, 11) is 6.88. The van der Waals surface area contributed by atoms with E-state index in [0.29, 0.717) is 28.6 Å². The number of imidazole rings is 1. The van der Waals surface area contributed by atoms with Crippen LogP contribution in [0.25, 0.3) is 0 Å². The molecule has 3 rings (SSSR count).